The number of nitrogens with zero attached hydrogens (tertiary/aromatic N) is 1. The summed E-state index contributed by atoms with van der Waals surface area (Å²) in [4.78, 5) is 1.96. The van der Waals surface area contributed by atoms with E-state index < -0.39 is 0 Å². The van der Waals surface area contributed by atoms with Gasteiger partial charge in [-0.1, -0.05) is 0 Å². The SMILES string of the molecule is COCCN(CCOC)c1cc(F)c(I)cc1N. The Morgan fingerprint density at radius 1 is 1.22 bits per heavy atom. The number of hydrogen-bond acceptors (Lipinski definition) is 4. The minimum atomic E-state index is -0.264. The van der Waals surface area contributed by atoms with Gasteiger partial charge in [0.05, 0.1) is 28.2 Å². The lowest BCUT2D eigenvalue weighted by molar-refractivity contribution is 0.190. The molecule has 0 radical (unpaired) electrons. The highest BCUT2D eigenvalue weighted by atomic mass is 127. The van der Waals surface area contributed by atoms with Gasteiger partial charge in [-0.25, -0.2) is 4.39 Å². The van der Waals surface area contributed by atoms with Gasteiger partial charge in [0.25, 0.3) is 0 Å². The lowest BCUT2D eigenvalue weighted by Crippen LogP contribution is -2.31. The van der Waals surface area contributed by atoms with Crippen molar-refractivity contribution in [1.82, 2.24) is 0 Å². The molecule has 18 heavy (non-hydrogen) atoms. The van der Waals surface area contributed by atoms with Gasteiger partial charge in [0.1, 0.15) is 5.82 Å². The molecule has 0 unspecified atom stereocenters. The highest BCUT2D eigenvalue weighted by Gasteiger charge is 2.13. The molecule has 6 heteroatoms. The van der Waals surface area contributed by atoms with Crippen LogP contribution in [0.15, 0.2) is 12.1 Å². The van der Waals surface area contributed by atoms with E-state index in [1.807, 2.05) is 27.5 Å². The third kappa shape index (κ3) is 4.25. The monoisotopic (exact) mass is 368 g/mol. The summed E-state index contributed by atoms with van der Waals surface area (Å²) in [7, 11) is 3.26. The summed E-state index contributed by atoms with van der Waals surface area (Å²) in [6.07, 6.45) is 0. The third-order valence-electron chi connectivity index (χ3n) is 2.54. The van der Waals surface area contributed by atoms with Gasteiger partial charge < -0.3 is 20.1 Å². The molecule has 0 saturated heterocycles. The summed E-state index contributed by atoms with van der Waals surface area (Å²) < 4.78 is 24.2. The van der Waals surface area contributed by atoms with E-state index in [2.05, 4.69) is 0 Å². The van der Waals surface area contributed by atoms with Crippen LogP contribution < -0.4 is 10.6 Å². The van der Waals surface area contributed by atoms with Crippen molar-refractivity contribution in [2.75, 3.05) is 51.2 Å². The number of hydrogen-bond donors (Lipinski definition) is 1. The Hall–Kier alpha value is -0.600. The first-order valence-corrected chi connectivity index (χ1v) is 6.65. The molecule has 4 nitrogen and oxygen atoms in total. The van der Waals surface area contributed by atoms with Gasteiger partial charge in [-0.15, -0.1) is 0 Å². The Morgan fingerprint density at radius 2 is 1.78 bits per heavy atom. The number of ether oxygens (including phenoxy) is 2. The zero-order valence-electron chi connectivity index (χ0n) is 10.6. The maximum atomic E-state index is 13.6. The number of rotatable bonds is 7. The van der Waals surface area contributed by atoms with E-state index in [0.29, 0.717) is 41.2 Å². The molecule has 0 aromatic heterocycles. The van der Waals surface area contributed by atoms with Crippen LogP contribution in [0.3, 0.4) is 0 Å². The van der Waals surface area contributed by atoms with E-state index in [1.54, 1.807) is 20.3 Å². The molecule has 0 spiro atoms. The predicted molar refractivity (Wildman–Crippen MR) is 79.5 cm³/mol. The molecule has 2 N–H and O–H groups in total. The molecule has 0 aliphatic heterocycles. The summed E-state index contributed by atoms with van der Waals surface area (Å²) >= 11 is 1.92. The smallest absolute Gasteiger partial charge is 0.138 e. The molecule has 0 saturated carbocycles. The molecular weight excluding hydrogens is 350 g/mol. The molecule has 0 bridgehead atoms. The van der Waals surface area contributed by atoms with E-state index in [-0.39, 0.29) is 5.82 Å². The molecule has 1 aromatic carbocycles. The van der Waals surface area contributed by atoms with Crippen molar-refractivity contribution in [3.63, 3.8) is 0 Å². The lowest BCUT2D eigenvalue weighted by Gasteiger charge is -2.25. The van der Waals surface area contributed by atoms with E-state index in [0.717, 1.165) is 0 Å². The van der Waals surface area contributed by atoms with Gasteiger partial charge in [0, 0.05) is 33.4 Å². The minimum absolute atomic E-state index is 0.264. The fourth-order valence-electron chi connectivity index (χ4n) is 1.58. The first kappa shape index (κ1) is 15.5. The Morgan fingerprint density at radius 3 is 2.28 bits per heavy atom. The summed E-state index contributed by atoms with van der Waals surface area (Å²) in [6.45, 7) is 2.39. The third-order valence-corrected chi connectivity index (χ3v) is 3.37. The zero-order valence-corrected chi connectivity index (χ0v) is 12.7. The number of nitrogen functional groups attached to an aromatic ring is 1. The van der Waals surface area contributed by atoms with Crippen molar-refractivity contribution < 1.29 is 13.9 Å². The number of nitrogens with two attached hydrogens (primary N) is 1. The molecule has 0 amide bonds. The Balaban J connectivity index is 2.92. The summed E-state index contributed by atoms with van der Waals surface area (Å²) in [5, 5.41) is 0. The fourth-order valence-corrected chi connectivity index (χ4v) is 2.07. The Labute approximate surface area is 120 Å². The topological polar surface area (TPSA) is 47.7 Å². The molecule has 0 aliphatic rings. The van der Waals surface area contributed by atoms with Gasteiger partial charge in [0.15, 0.2) is 0 Å². The van der Waals surface area contributed by atoms with Crippen molar-refractivity contribution >= 4 is 34.0 Å². The second-order valence-corrected chi connectivity index (χ2v) is 4.96. The summed E-state index contributed by atoms with van der Waals surface area (Å²) in [5.41, 5.74) is 7.19. The van der Waals surface area contributed by atoms with Gasteiger partial charge >= 0.3 is 0 Å². The van der Waals surface area contributed by atoms with Gasteiger partial charge in [-0.3, -0.25) is 0 Å². The summed E-state index contributed by atoms with van der Waals surface area (Å²) in [5.74, 6) is -0.264. The quantitative estimate of drug-likeness (QED) is 0.592. The molecule has 0 heterocycles. The average Bonchev–Trinajstić information content (AvgIpc) is 2.35. The normalized spacial score (nSPS) is 10.7. The van der Waals surface area contributed by atoms with Crippen LogP contribution in [0.5, 0.6) is 0 Å². The molecule has 102 valence electrons. The van der Waals surface area contributed by atoms with E-state index in [1.165, 1.54) is 6.07 Å². The van der Waals surface area contributed by atoms with Crippen LogP contribution in [0.25, 0.3) is 0 Å². The molecule has 1 aromatic rings. The van der Waals surface area contributed by atoms with Crippen LogP contribution in [0.2, 0.25) is 0 Å². The van der Waals surface area contributed by atoms with Crippen molar-refractivity contribution in [2.24, 2.45) is 0 Å². The molecule has 1 rings (SSSR count). The van der Waals surface area contributed by atoms with E-state index in [9.17, 15) is 4.39 Å². The first-order chi connectivity index (χ1) is 8.60. The highest BCUT2D eigenvalue weighted by Crippen LogP contribution is 2.27. The number of anilines is 2. The number of benzene rings is 1. The van der Waals surface area contributed by atoms with Gasteiger partial charge in [-0.05, 0) is 28.7 Å². The van der Waals surface area contributed by atoms with Crippen molar-refractivity contribution in [3.05, 3.63) is 21.5 Å². The second kappa shape index (κ2) is 7.75. The van der Waals surface area contributed by atoms with E-state index >= 15 is 0 Å². The second-order valence-electron chi connectivity index (χ2n) is 3.80. The lowest BCUT2D eigenvalue weighted by atomic mass is 10.2. The van der Waals surface area contributed by atoms with Crippen LogP contribution in [0, 0.1) is 9.39 Å². The maximum Gasteiger partial charge on any atom is 0.138 e. The standard InChI is InChI=1S/C12H18FIN2O2/c1-17-5-3-16(4-6-18-2)12-7-9(13)10(14)8-11(12)15/h7-8H,3-6,15H2,1-2H3. The fraction of sp³-hybridized carbons (Fsp3) is 0.500. The Kier molecular flexibility index (Phi) is 6.66. The van der Waals surface area contributed by atoms with Crippen LogP contribution in [-0.4, -0.2) is 40.5 Å². The summed E-state index contributed by atoms with van der Waals surface area (Å²) in [6, 6.07) is 3.10. The molecule has 0 atom stereocenters. The Bertz CT molecular complexity index is 383. The molecular formula is C12H18FIN2O2. The predicted octanol–water partition coefficient (Wildman–Crippen LogP) is 2.11. The van der Waals surface area contributed by atoms with Crippen LogP contribution in [0.4, 0.5) is 15.8 Å². The van der Waals surface area contributed by atoms with Crippen LogP contribution >= 0.6 is 22.6 Å². The average molecular weight is 368 g/mol. The van der Waals surface area contributed by atoms with E-state index in [4.69, 9.17) is 15.2 Å². The van der Waals surface area contributed by atoms with Gasteiger partial charge in [0.2, 0.25) is 0 Å². The number of methoxy groups -OCH3 is 2. The van der Waals surface area contributed by atoms with Crippen LogP contribution in [-0.2, 0) is 9.47 Å². The maximum absolute atomic E-state index is 13.6. The van der Waals surface area contributed by atoms with Crippen molar-refractivity contribution in [1.29, 1.82) is 0 Å². The van der Waals surface area contributed by atoms with Crippen molar-refractivity contribution in [2.45, 2.75) is 0 Å². The van der Waals surface area contributed by atoms with Gasteiger partial charge in [-0.2, -0.15) is 0 Å². The first-order valence-electron chi connectivity index (χ1n) is 5.57. The largest absolute Gasteiger partial charge is 0.397 e. The highest BCUT2D eigenvalue weighted by molar-refractivity contribution is 14.1. The zero-order chi connectivity index (χ0) is 13.5. The molecule has 0 fully saturated rings. The van der Waals surface area contributed by atoms with Crippen LogP contribution in [0.1, 0.15) is 0 Å². The number of halogens is 2. The van der Waals surface area contributed by atoms with Crippen molar-refractivity contribution in [3.8, 4) is 0 Å². The minimum Gasteiger partial charge on any atom is -0.397 e. The molecule has 0 aliphatic carbocycles.